The largest absolute Gasteiger partial charge is 0.478 e. The average molecular weight is 321 g/mol. The summed E-state index contributed by atoms with van der Waals surface area (Å²) in [7, 11) is -3.10. The second kappa shape index (κ2) is 6.07. The number of hydrogen-bond acceptors (Lipinski definition) is 3. The predicted octanol–water partition coefficient (Wildman–Crippen LogP) is 2.33. The van der Waals surface area contributed by atoms with Crippen molar-refractivity contribution in [2.45, 2.75) is 31.7 Å². The monoisotopic (exact) mass is 321 g/mol. The Morgan fingerprint density at radius 1 is 1.24 bits per heavy atom. The lowest BCUT2D eigenvalue weighted by Gasteiger charge is -2.27. The molecule has 0 aromatic heterocycles. The van der Waals surface area contributed by atoms with E-state index >= 15 is 0 Å². The number of benzene rings is 1. The van der Waals surface area contributed by atoms with E-state index in [1.54, 1.807) is 20.8 Å². The van der Waals surface area contributed by atoms with Crippen LogP contribution in [-0.4, -0.2) is 36.9 Å². The predicted molar refractivity (Wildman–Crippen MR) is 72.6 cm³/mol. The summed E-state index contributed by atoms with van der Waals surface area (Å²) in [5.41, 5.74) is -0.627. The number of sulfonamides is 1. The molecule has 0 saturated carbocycles. The van der Waals surface area contributed by atoms with Crippen LogP contribution in [0.2, 0.25) is 0 Å². The Hall–Kier alpha value is -1.54. The number of hydrogen-bond donors (Lipinski definition) is 1. The van der Waals surface area contributed by atoms with E-state index in [2.05, 4.69) is 0 Å². The Bertz CT molecular complexity index is 658. The zero-order chi connectivity index (χ0) is 16.5. The minimum absolute atomic E-state index is 0.0552. The molecule has 5 nitrogen and oxygen atoms in total. The molecule has 0 aliphatic rings. The maximum absolute atomic E-state index is 13.8. The first-order valence-corrected chi connectivity index (χ1v) is 7.64. The van der Waals surface area contributed by atoms with E-state index < -0.39 is 44.1 Å². The summed E-state index contributed by atoms with van der Waals surface area (Å²) in [6.45, 7) is 5.18. The Kier molecular flexibility index (Phi) is 5.06. The quantitative estimate of drug-likeness (QED) is 0.903. The zero-order valence-electron chi connectivity index (χ0n) is 12.1. The van der Waals surface area contributed by atoms with Gasteiger partial charge < -0.3 is 5.11 Å². The Balaban J connectivity index is 3.48. The van der Waals surface area contributed by atoms with Crippen molar-refractivity contribution in [3.63, 3.8) is 0 Å². The highest BCUT2D eigenvalue weighted by Gasteiger charge is 2.31. The van der Waals surface area contributed by atoms with Gasteiger partial charge in [-0.15, -0.1) is 0 Å². The second-order valence-electron chi connectivity index (χ2n) is 5.08. The molecule has 0 heterocycles. The topological polar surface area (TPSA) is 74.7 Å². The standard InChI is InChI=1S/C13H17F2NO4S/c1-7(2)8(3)16(4)21(19,20)11-6-9(13(17)18)5-10(14)12(11)15/h5-8H,1-4H3,(H,17,18). The number of rotatable bonds is 5. The van der Waals surface area contributed by atoms with Crippen LogP contribution in [0.1, 0.15) is 31.1 Å². The summed E-state index contributed by atoms with van der Waals surface area (Å²) < 4.78 is 52.8. The van der Waals surface area contributed by atoms with Crippen molar-refractivity contribution in [3.8, 4) is 0 Å². The van der Waals surface area contributed by atoms with E-state index in [1.807, 2.05) is 0 Å². The van der Waals surface area contributed by atoms with E-state index in [0.717, 1.165) is 4.31 Å². The number of aromatic carboxylic acids is 1. The van der Waals surface area contributed by atoms with Gasteiger partial charge in [0, 0.05) is 13.1 Å². The fourth-order valence-electron chi connectivity index (χ4n) is 1.67. The van der Waals surface area contributed by atoms with E-state index in [-0.39, 0.29) is 5.92 Å². The van der Waals surface area contributed by atoms with Crippen molar-refractivity contribution >= 4 is 16.0 Å². The van der Waals surface area contributed by atoms with E-state index in [0.29, 0.717) is 12.1 Å². The summed E-state index contributed by atoms with van der Waals surface area (Å²) in [6, 6.07) is 0.605. The van der Waals surface area contributed by atoms with Crippen LogP contribution in [0.5, 0.6) is 0 Å². The fraction of sp³-hybridized carbons (Fsp3) is 0.462. The summed E-state index contributed by atoms with van der Waals surface area (Å²) in [4.78, 5) is 9.88. The van der Waals surface area contributed by atoms with Crippen molar-refractivity contribution < 1.29 is 27.1 Å². The van der Waals surface area contributed by atoms with Gasteiger partial charge in [-0.05, 0) is 25.0 Å². The highest BCUT2D eigenvalue weighted by atomic mass is 32.2. The molecule has 0 amide bonds. The summed E-state index contributed by atoms with van der Waals surface area (Å²) in [5.74, 6) is -4.69. The van der Waals surface area contributed by atoms with Gasteiger partial charge in [0.2, 0.25) is 10.0 Å². The number of carbonyl (C=O) groups is 1. The highest BCUT2D eigenvalue weighted by Crippen LogP contribution is 2.25. The smallest absolute Gasteiger partial charge is 0.335 e. The average Bonchev–Trinajstić information content (AvgIpc) is 2.39. The second-order valence-corrected chi connectivity index (χ2v) is 7.05. The summed E-state index contributed by atoms with van der Waals surface area (Å²) in [6.07, 6.45) is 0. The minimum Gasteiger partial charge on any atom is -0.478 e. The molecule has 1 aromatic carbocycles. The number of carboxylic acid groups (broad SMARTS) is 1. The number of carboxylic acids is 1. The molecule has 8 heteroatoms. The molecule has 0 bridgehead atoms. The van der Waals surface area contributed by atoms with Gasteiger partial charge in [0.15, 0.2) is 11.6 Å². The molecule has 118 valence electrons. The van der Waals surface area contributed by atoms with Crippen LogP contribution >= 0.6 is 0 Å². The Morgan fingerprint density at radius 3 is 2.19 bits per heavy atom. The molecule has 0 radical (unpaired) electrons. The highest BCUT2D eigenvalue weighted by molar-refractivity contribution is 7.89. The maximum Gasteiger partial charge on any atom is 0.335 e. The van der Waals surface area contributed by atoms with Crippen LogP contribution in [0.4, 0.5) is 8.78 Å². The molecule has 1 unspecified atom stereocenters. The molecular formula is C13H17F2NO4S. The van der Waals surface area contributed by atoms with Crippen molar-refractivity contribution in [1.29, 1.82) is 0 Å². The number of halogens is 2. The van der Waals surface area contributed by atoms with Crippen LogP contribution < -0.4 is 0 Å². The summed E-state index contributed by atoms with van der Waals surface area (Å²) in [5, 5.41) is 8.83. The third-order valence-electron chi connectivity index (χ3n) is 3.44. The van der Waals surface area contributed by atoms with Crippen LogP contribution in [0.3, 0.4) is 0 Å². The van der Waals surface area contributed by atoms with E-state index in [9.17, 15) is 22.0 Å². The molecule has 1 N–H and O–H groups in total. The molecule has 1 rings (SSSR count). The van der Waals surface area contributed by atoms with Crippen LogP contribution in [0.15, 0.2) is 17.0 Å². The molecular weight excluding hydrogens is 304 g/mol. The molecule has 0 aliphatic carbocycles. The molecule has 0 fully saturated rings. The van der Waals surface area contributed by atoms with Crippen molar-refractivity contribution in [2.24, 2.45) is 5.92 Å². The van der Waals surface area contributed by atoms with E-state index in [4.69, 9.17) is 5.11 Å². The lowest BCUT2D eigenvalue weighted by molar-refractivity contribution is 0.0696. The minimum atomic E-state index is -4.34. The van der Waals surface area contributed by atoms with Crippen LogP contribution in [-0.2, 0) is 10.0 Å². The molecule has 1 aromatic rings. The molecule has 1 atom stereocenters. The van der Waals surface area contributed by atoms with Gasteiger partial charge in [-0.25, -0.2) is 22.0 Å². The fourth-order valence-corrected chi connectivity index (χ4v) is 3.26. The lowest BCUT2D eigenvalue weighted by Crippen LogP contribution is -2.38. The zero-order valence-corrected chi connectivity index (χ0v) is 12.9. The van der Waals surface area contributed by atoms with Gasteiger partial charge in [0.1, 0.15) is 4.90 Å². The van der Waals surface area contributed by atoms with Crippen molar-refractivity contribution in [3.05, 3.63) is 29.3 Å². The third kappa shape index (κ3) is 3.38. The van der Waals surface area contributed by atoms with Crippen LogP contribution in [0.25, 0.3) is 0 Å². The molecule has 0 spiro atoms. The number of nitrogens with zero attached hydrogens (tertiary/aromatic N) is 1. The first-order valence-electron chi connectivity index (χ1n) is 6.20. The van der Waals surface area contributed by atoms with Gasteiger partial charge in [-0.3, -0.25) is 0 Å². The normalized spacial score (nSPS) is 13.7. The van der Waals surface area contributed by atoms with Gasteiger partial charge in [0.05, 0.1) is 5.56 Å². The van der Waals surface area contributed by atoms with Gasteiger partial charge >= 0.3 is 5.97 Å². The first-order chi connectivity index (χ1) is 9.50. The third-order valence-corrected chi connectivity index (χ3v) is 5.38. The molecule has 0 saturated heterocycles. The van der Waals surface area contributed by atoms with Gasteiger partial charge in [-0.1, -0.05) is 13.8 Å². The summed E-state index contributed by atoms with van der Waals surface area (Å²) >= 11 is 0. The first kappa shape index (κ1) is 17.5. The molecule has 0 aliphatic heterocycles. The Morgan fingerprint density at radius 2 is 1.76 bits per heavy atom. The Labute approximate surface area is 122 Å². The van der Waals surface area contributed by atoms with Gasteiger partial charge in [0.25, 0.3) is 0 Å². The van der Waals surface area contributed by atoms with Crippen molar-refractivity contribution in [2.75, 3.05) is 7.05 Å². The van der Waals surface area contributed by atoms with Crippen molar-refractivity contribution in [1.82, 2.24) is 4.31 Å². The maximum atomic E-state index is 13.8. The van der Waals surface area contributed by atoms with Crippen LogP contribution in [0, 0.1) is 17.6 Å². The lowest BCUT2D eigenvalue weighted by atomic mass is 10.1. The van der Waals surface area contributed by atoms with E-state index in [1.165, 1.54) is 7.05 Å². The molecule has 21 heavy (non-hydrogen) atoms. The SMILES string of the molecule is CC(C)C(C)N(C)S(=O)(=O)c1cc(C(=O)O)cc(F)c1F. The van der Waals surface area contributed by atoms with Gasteiger partial charge in [-0.2, -0.15) is 4.31 Å².